The van der Waals surface area contributed by atoms with Crippen LogP contribution in [0.5, 0.6) is 0 Å². The third-order valence-corrected chi connectivity index (χ3v) is 5.44. The molecular weight excluding hydrogens is 238 g/mol. The van der Waals surface area contributed by atoms with Gasteiger partial charge >= 0.3 is 0 Å². The van der Waals surface area contributed by atoms with Crippen LogP contribution in [0.15, 0.2) is 0 Å². The van der Waals surface area contributed by atoms with Crippen LogP contribution in [0.4, 0.5) is 0 Å². The number of piperidine rings is 2. The molecule has 4 heteroatoms. The molecule has 4 heterocycles. The number of aliphatic hydroxyl groups is 1. The molecule has 4 aliphatic rings. The molecule has 2 unspecified atom stereocenters. The highest BCUT2D eigenvalue weighted by Crippen LogP contribution is 2.47. The molecule has 110 valence electrons. The lowest BCUT2D eigenvalue weighted by Gasteiger charge is -2.59. The van der Waals surface area contributed by atoms with Crippen LogP contribution in [-0.2, 0) is 0 Å². The first kappa shape index (κ1) is 13.8. The topological polar surface area (TPSA) is 38.7 Å². The van der Waals surface area contributed by atoms with Gasteiger partial charge in [-0.05, 0) is 20.8 Å². The van der Waals surface area contributed by atoms with E-state index < -0.39 is 5.60 Å². The molecule has 4 aliphatic heterocycles. The average Bonchev–Trinajstić information content (AvgIpc) is 2.51. The van der Waals surface area contributed by atoms with Gasteiger partial charge in [0.15, 0.2) is 0 Å². The van der Waals surface area contributed by atoms with Gasteiger partial charge in [-0.1, -0.05) is 6.92 Å². The summed E-state index contributed by atoms with van der Waals surface area (Å²) in [7, 11) is 0. The lowest BCUT2D eigenvalue weighted by atomic mass is 9.61. The summed E-state index contributed by atoms with van der Waals surface area (Å²) >= 11 is 0. The average molecular weight is 267 g/mol. The van der Waals surface area contributed by atoms with Crippen molar-refractivity contribution in [2.45, 2.75) is 38.8 Å². The van der Waals surface area contributed by atoms with Crippen molar-refractivity contribution >= 4 is 0 Å². The summed E-state index contributed by atoms with van der Waals surface area (Å²) in [5, 5.41) is 15.0. The number of nitrogens with one attached hydrogen (secondary N) is 1. The molecule has 4 nitrogen and oxygen atoms in total. The van der Waals surface area contributed by atoms with Crippen LogP contribution in [0.2, 0.25) is 0 Å². The highest BCUT2D eigenvalue weighted by atomic mass is 16.3. The van der Waals surface area contributed by atoms with Gasteiger partial charge in [0.05, 0.1) is 5.60 Å². The minimum absolute atomic E-state index is 0.00289. The second-order valence-corrected chi connectivity index (χ2v) is 8.26. The standard InChI is InChI=1S/C15H29N3O/c1-13(2,3)16-9-15(19)12-7-17-5-6-18(8-12)11-14(15,4)10-17/h12,16,19H,5-11H2,1-4H3/t12?,14?,15-/m0/s1. The summed E-state index contributed by atoms with van der Waals surface area (Å²) in [6.07, 6.45) is 0. The van der Waals surface area contributed by atoms with Crippen molar-refractivity contribution in [2.75, 3.05) is 45.8 Å². The van der Waals surface area contributed by atoms with Gasteiger partial charge in [-0.2, -0.15) is 0 Å². The molecule has 0 saturated carbocycles. The van der Waals surface area contributed by atoms with E-state index in [0.717, 1.165) is 32.7 Å². The largest absolute Gasteiger partial charge is 0.387 e. The number of hydrogen-bond acceptors (Lipinski definition) is 4. The number of fused-ring (bicyclic) bond motifs is 1. The van der Waals surface area contributed by atoms with Crippen molar-refractivity contribution in [1.82, 2.24) is 15.1 Å². The van der Waals surface area contributed by atoms with Gasteiger partial charge in [0.2, 0.25) is 0 Å². The third-order valence-electron chi connectivity index (χ3n) is 5.44. The lowest BCUT2D eigenvalue weighted by Crippen LogP contribution is -2.73. The summed E-state index contributed by atoms with van der Waals surface area (Å²) in [6.45, 7) is 16.1. The second kappa shape index (κ2) is 4.17. The predicted molar refractivity (Wildman–Crippen MR) is 77.2 cm³/mol. The number of rotatable bonds is 2. The molecule has 0 amide bonds. The highest BCUT2D eigenvalue weighted by Gasteiger charge is 2.60. The van der Waals surface area contributed by atoms with E-state index in [1.54, 1.807) is 0 Å². The van der Waals surface area contributed by atoms with Crippen molar-refractivity contribution in [1.29, 1.82) is 0 Å². The molecule has 0 radical (unpaired) electrons. The first-order valence-corrected chi connectivity index (χ1v) is 7.64. The molecule has 4 rings (SSSR count). The molecule has 19 heavy (non-hydrogen) atoms. The Balaban J connectivity index is 1.85. The normalized spacial score (nSPS) is 49.4. The van der Waals surface area contributed by atoms with Gasteiger partial charge in [0.25, 0.3) is 0 Å². The minimum Gasteiger partial charge on any atom is -0.387 e. The highest BCUT2D eigenvalue weighted by molar-refractivity contribution is 5.14. The maximum absolute atomic E-state index is 11.4. The molecule has 2 N–H and O–H groups in total. The van der Waals surface area contributed by atoms with E-state index in [-0.39, 0.29) is 11.0 Å². The fourth-order valence-electron chi connectivity index (χ4n) is 4.30. The molecule has 0 aromatic heterocycles. The maximum Gasteiger partial charge on any atom is 0.0901 e. The summed E-state index contributed by atoms with van der Waals surface area (Å²) < 4.78 is 0. The molecule has 0 aromatic rings. The quantitative estimate of drug-likeness (QED) is 0.758. The minimum atomic E-state index is -0.558. The van der Waals surface area contributed by atoms with Crippen molar-refractivity contribution < 1.29 is 5.11 Å². The Morgan fingerprint density at radius 3 is 2.11 bits per heavy atom. The Labute approximate surface area is 117 Å². The SMILES string of the molecule is CC(C)(C)NC[C@]1(O)C2CN3CCN(C2)CC1(C)C3. The number of hydrogen-bond donors (Lipinski definition) is 2. The van der Waals surface area contributed by atoms with Crippen LogP contribution in [0.1, 0.15) is 27.7 Å². The first-order chi connectivity index (χ1) is 8.72. The first-order valence-electron chi connectivity index (χ1n) is 7.64. The Morgan fingerprint density at radius 2 is 1.68 bits per heavy atom. The molecule has 4 bridgehead atoms. The van der Waals surface area contributed by atoms with Crippen molar-refractivity contribution in [3.63, 3.8) is 0 Å². The zero-order chi connectivity index (χ0) is 13.9. The van der Waals surface area contributed by atoms with E-state index in [1.807, 2.05) is 0 Å². The molecular formula is C15H29N3O. The van der Waals surface area contributed by atoms with Gasteiger partial charge in [0, 0.05) is 62.7 Å². The fourth-order valence-corrected chi connectivity index (χ4v) is 4.30. The van der Waals surface area contributed by atoms with Gasteiger partial charge in [-0.25, -0.2) is 0 Å². The Hall–Kier alpha value is -0.160. The van der Waals surface area contributed by atoms with Crippen molar-refractivity contribution in [2.24, 2.45) is 11.3 Å². The monoisotopic (exact) mass is 267 g/mol. The smallest absolute Gasteiger partial charge is 0.0901 e. The molecule has 0 spiro atoms. The van der Waals surface area contributed by atoms with Crippen LogP contribution in [0, 0.1) is 11.3 Å². The molecule has 4 fully saturated rings. The van der Waals surface area contributed by atoms with E-state index in [0.29, 0.717) is 5.92 Å². The van der Waals surface area contributed by atoms with E-state index in [1.165, 1.54) is 13.1 Å². The van der Waals surface area contributed by atoms with Crippen LogP contribution < -0.4 is 5.32 Å². The summed E-state index contributed by atoms with van der Waals surface area (Å²) in [5.41, 5.74) is -0.488. The van der Waals surface area contributed by atoms with Crippen molar-refractivity contribution in [3.05, 3.63) is 0 Å². The third kappa shape index (κ3) is 2.23. The van der Waals surface area contributed by atoms with Crippen LogP contribution in [0.25, 0.3) is 0 Å². The maximum atomic E-state index is 11.4. The Kier molecular flexibility index (Phi) is 3.03. The van der Waals surface area contributed by atoms with Gasteiger partial charge < -0.3 is 20.2 Å². The predicted octanol–water partition coefficient (Wildman–Crippen LogP) is 0.373. The lowest BCUT2D eigenvalue weighted by molar-refractivity contribution is -0.189. The van der Waals surface area contributed by atoms with Gasteiger partial charge in [-0.15, -0.1) is 0 Å². The van der Waals surface area contributed by atoms with E-state index in [2.05, 4.69) is 42.8 Å². The van der Waals surface area contributed by atoms with Gasteiger partial charge in [-0.3, -0.25) is 0 Å². The summed E-state index contributed by atoms with van der Waals surface area (Å²) in [6, 6.07) is 0. The van der Waals surface area contributed by atoms with Gasteiger partial charge in [0.1, 0.15) is 0 Å². The zero-order valence-electron chi connectivity index (χ0n) is 12.9. The molecule has 4 saturated heterocycles. The van der Waals surface area contributed by atoms with E-state index in [4.69, 9.17) is 0 Å². The summed E-state index contributed by atoms with van der Waals surface area (Å²) in [5.74, 6) is 0.386. The second-order valence-electron chi connectivity index (χ2n) is 8.26. The number of nitrogens with zero attached hydrogens (tertiary/aromatic N) is 2. The van der Waals surface area contributed by atoms with E-state index >= 15 is 0 Å². The van der Waals surface area contributed by atoms with Crippen LogP contribution in [-0.4, -0.2) is 71.9 Å². The Morgan fingerprint density at radius 1 is 1.16 bits per heavy atom. The molecule has 0 aliphatic carbocycles. The molecule has 0 aromatic carbocycles. The summed E-state index contributed by atoms with van der Waals surface area (Å²) in [4.78, 5) is 5.12. The Bertz CT molecular complexity index is 349. The van der Waals surface area contributed by atoms with Crippen LogP contribution >= 0.6 is 0 Å². The fraction of sp³-hybridized carbons (Fsp3) is 1.00. The van der Waals surface area contributed by atoms with Crippen LogP contribution in [0.3, 0.4) is 0 Å². The van der Waals surface area contributed by atoms with E-state index in [9.17, 15) is 5.11 Å². The van der Waals surface area contributed by atoms with Crippen molar-refractivity contribution in [3.8, 4) is 0 Å². The zero-order valence-corrected chi connectivity index (χ0v) is 12.9. The molecule has 3 atom stereocenters. The number of β-amino-alcohol motifs (C(OH)–C–C–N with tert-alkyl or cyclic N) is 1.